The Balaban J connectivity index is 2.22. The fourth-order valence-electron chi connectivity index (χ4n) is 0.919. The average Bonchev–Trinajstić information content (AvgIpc) is 2.32. The minimum atomic E-state index is 0.200. The lowest BCUT2D eigenvalue weighted by molar-refractivity contribution is 0.454. The molecule has 2 N–H and O–H groups in total. The van der Waals surface area contributed by atoms with E-state index in [1.807, 2.05) is 0 Å². The van der Waals surface area contributed by atoms with Crippen LogP contribution in [0, 0.1) is 0 Å². The lowest BCUT2D eigenvalue weighted by Gasteiger charge is -2.19. The van der Waals surface area contributed by atoms with Crippen molar-refractivity contribution in [3.63, 3.8) is 0 Å². The largest absolute Gasteiger partial charge is 0.310 e. The summed E-state index contributed by atoms with van der Waals surface area (Å²) < 4.78 is 0. The van der Waals surface area contributed by atoms with Gasteiger partial charge in [0.2, 0.25) is 0 Å². The SMILES string of the molecule is CC(C)(C)NCC1=NNCC1. The zero-order valence-electron chi connectivity index (χ0n) is 7.57. The summed E-state index contributed by atoms with van der Waals surface area (Å²) in [5.74, 6) is 0. The lowest BCUT2D eigenvalue weighted by atomic mass is 10.1. The van der Waals surface area contributed by atoms with Crippen molar-refractivity contribution in [2.45, 2.75) is 32.7 Å². The Kier molecular flexibility index (Phi) is 2.49. The van der Waals surface area contributed by atoms with E-state index in [9.17, 15) is 0 Å². The quantitative estimate of drug-likeness (QED) is 0.616. The molecule has 0 aromatic rings. The van der Waals surface area contributed by atoms with E-state index in [2.05, 4.69) is 36.6 Å². The van der Waals surface area contributed by atoms with Crippen molar-refractivity contribution in [3.8, 4) is 0 Å². The van der Waals surface area contributed by atoms with Gasteiger partial charge in [0, 0.05) is 25.0 Å². The van der Waals surface area contributed by atoms with Gasteiger partial charge in [0.15, 0.2) is 0 Å². The van der Waals surface area contributed by atoms with Crippen LogP contribution in [0.5, 0.6) is 0 Å². The molecule has 1 heterocycles. The minimum Gasteiger partial charge on any atom is -0.310 e. The van der Waals surface area contributed by atoms with Crippen LogP contribution < -0.4 is 10.7 Å². The molecular formula is C8H17N3. The van der Waals surface area contributed by atoms with Crippen LogP contribution in [-0.2, 0) is 0 Å². The first-order valence-electron chi connectivity index (χ1n) is 4.11. The second kappa shape index (κ2) is 3.22. The summed E-state index contributed by atoms with van der Waals surface area (Å²) in [6, 6.07) is 0. The summed E-state index contributed by atoms with van der Waals surface area (Å²) in [5.41, 5.74) is 4.39. The predicted octanol–water partition coefficient (Wildman–Crippen LogP) is 0.724. The summed E-state index contributed by atoms with van der Waals surface area (Å²) >= 11 is 0. The van der Waals surface area contributed by atoms with Gasteiger partial charge < -0.3 is 10.7 Å². The Bertz CT molecular complexity index is 155. The van der Waals surface area contributed by atoms with E-state index in [1.54, 1.807) is 0 Å². The highest BCUT2D eigenvalue weighted by atomic mass is 15.3. The molecule has 3 nitrogen and oxygen atoms in total. The maximum absolute atomic E-state index is 4.14. The molecule has 0 atom stereocenters. The van der Waals surface area contributed by atoms with Gasteiger partial charge in [-0.3, -0.25) is 0 Å². The highest BCUT2D eigenvalue weighted by molar-refractivity contribution is 5.87. The van der Waals surface area contributed by atoms with Gasteiger partial charge >= 0.3 is 0 Å². The summed E-state index contributed by atoms with van der Waals surface area (Å²) in [5, 5.41) is 7.54. The molecule has 1 aliphatic heterocycles. The third-order valence-electron chi connectivity index (χ3n) is 1.59. The Labute approximate surface area is 68.3 Å². The fourth-order valence-corrected chi connectivity index (χ4v) is 0.919. The third-order valence-corrected chi connectivity index (χ3v) is 1.59. The van der Waals surface area contributed by atoms with Gasteiger partial charge in [-0.15, -0.1) is 0 Å². The lowest BCUT2D eigenvalue weighted by Crippen LogP contribution is -2.39. The van der Waals surface area contributed by atoms with Crippen LogP contribution >= 0.6 is 0 Å². The highest BCUT2D eigenvalue weighted by Crippen LogP contribution is 1.99. The molecule has 11 heavy (non-hydrogen) atoms. The van der Waals surface area contributed by atoms with Crippen LogP contribution in [0.15, 0.2) is 5.10 Å². The number of hydrogen-bond donors (Lipinski definition) is 2. The van der Waals surface area contributed by atoms with Crippen molar-refractivity contribution in [1.29, 1.82) is 0 Å². The molecule has 0 amide bonds. The van der Waals surface area contributed by atoms with Crippen molar-refractivity contribution in [2.75, 3.05) is 13.1 Å². The second-order valence-electron chi connectivity index (χ2n) is 3.94. The van der Waals surface area contributed by atoms with Crippen LogP contribution in [-0.4, -0.2) is 24.3 Å². The zero-order chi connectivity index (χ0) is 8.32. The van der Waals surface area contributed by atoms with E-state index in [0.717, 1.165) is 19.5 Å². The molecular weight excluding hydrogens is 138 g/mol. The molecule has 3 heteroatoms. The maximum atomic E-state index is 4.14. The average molecular weight is 155 g/mol. The number of rotatable bonds is 2. The standard InChI is InChI=1S/C8H17N3/c1-8(2,3)9-6-7-4-5-10-11-7/h9-10H,4-6H2,1-3H3. The Hall–Kier alpha value is -0.570. The topological polar surface area (TPSA) is 36.4 Å². The molecule has 0 saturated carbocycles. The molecule has 0 bridgehead atoms. The van der Waals surface area contributed by atoms with Gasteiger partial charge in [-0.05, 0) is 20.8 Å². The Morgan fingerprint density at radius 1 is 1.55 bits per heavy atom. The van der Waals surface area contributed by atoms with E-state index in [1.165, 1.54) is 5.71 Å². The molecule has 0 fully saturated rings. The molecule has 1 aliphatic rings. The predicted molar refractivity (Wildman–Crippen MR) is 47.8 cm³/mol. The first-order chi connectivity index (χ1) is 5.08. The van der Waals surface area contributed by atoms with Gasteiger partial charge in [0.05, 0.1) is 5.71 Å². The van der Waals surface area contributed by atoms with Crippen molar-refractivity contribution in [2.24, 2.45) is 5.10 Å². The molecule has 64 valence electrons. The van der Waals surface area contributed by atoms with Gasteiger partial charge in [-0.25, -0.2) is 0 Å². The van der Waals surface area contributed by atoms with E-state index in [-0.39, 0.29) is 5.54 Å². The maximum Gasteiger partial charge on any atom is 0.0534 e. The minimum absolute atomic E-state index is 0.200. The summed E-state index contributed by atoms with van der Waals surface area (Å²) in [7, 11) is 0. The van der Waals surface area contributed by atoms with Gasteiger partial charge in [-0.1, -0.05) is 0 Å². The van der Waals surface area contributed by atoms with Crippen molar-refractivity contribution in [1.82, 2.24) is 10.7 Å². The molecule has 0 aromatic heterocycles. The summed E-state index contributed by atoms with van der Waals surface area (Å²) in [4.78, 5) is 0. The molecule has 0 unspecified atom stereocenters. The highest BCUT2D eigenvalue weighted by Gasteiger charge is 2.11. The molecule has 0 aliphatic carbocycles. The van der Waals surface area contributed by atoms with Gasteiger partial charge in [-0.2, -0.15) is 5.10 Å². The van der Waals surface area contributed by atoms with Gasteiger partial charge in [0.25, 0.3) is 0 Å². The van der Waals surface area contributed by atoms with E-state index in [0.29, 0.717) is 0 Å². The first-order valence-corrected chi connectivity index (χ1v) is 4.11. The molecule has 0 saturated heterocycles. The zero-order valence-corrected chi connectivity index (χ0v) is 7.57. The van der Waals surface area contributed by atoms with E-state index in [4.69, 9.17) is 0 Å². The van der Waals surface area contributed by atoms with Crippen LogP contribution in [0.25, 0.3) is 0 Å². The summed E-state index contributed by atoms with van der Waals surface area (Å²) in [6.45, 7) is 8.40. The smallest absolute Gasteiger partial charge is 0.0534 e. The van der Waals surface area contributed by atoms with Crippen molar-refractivity contribution in [3.05, 3.63) is 0 Å². The fraction of sp³-hybridized carbons (Fsp3) is 0.875. The summed E-state index contributed by atoms with van der Waals surface area (Å²) in [6.07, 6.45) is 1.09. The van der Waals surface area contributed by atoms with Gasteiger partial charge in [0.1, 0.15) is 0 Å². The number of hydrogen-bond acceptors (Lipinski definition) is 3. The third kappa shape index (κ3) is 3.37. The normalized spacial score (nSPS) is 17.9. The number of nitrogens with zero attached hydrogens (tertiary/aromatic N) is 1. The van der Waals surface area contributed by atoms with Crippen LogP contribution in [0.3, 0.4) is 0 Å². The van der Waals surface area contributed by atoms with Crippen LogP contribution in [0.4, 0.5) is 0 Å². The van der Waals surface area contributed by atoms with Crippen LogP contribution in [0.1, 0.15) is 27.2 Å². The monoisotopic (exact) mass is 155 g/mol. The van der Waals surface area contributed by atoms with E-state index < -0.39 is 0 Å². The Morgan fingerprint density at radius 3 is 2.73 bits per heavy atom. The van der Waals surface area contributed by atoms with Crippen LogP contribution in [0.2, 0.25) is 0 Å². The molecule has 0 spiro atoms. The number of nitrogens with one attached hydrogen (secondary N) is 2. The second-order valence-corrected chi connectivity index (χ2v) is 3.94. The first kappa shape index (κ1) is 8.53. The van der Waals surface area contributed by atoms with Crippen molar-refractivity contribution < 1.29 is 0 Å². The molecule has 1 rings (SSSR count). The van der Waals surface area contributed by atoms with E-state index >= 15 is 0 Å². The Morgan fingerprint density at radius 2 is 2.27 bits per heavy atom. The number of hydrazone groups is 1. The molecule has 0 aromatic carbocycles. The van der Waals surface area contributed by atoms with Crippen molar-refractivity contribution >= 4 is 5.71 Å². The molecule has 0 radical (unpaired) electrons.